The highest BCUT2D eigenvalue weighted by atomic mass is 32.2. The molecule has 0 aliphatic heterocycles. The number of fused-ring (bicyclic) bond motifs is 1. The SMILES string of the molecule is Cc1cc(-c2ccc(N/N=C3\C(=O)c4c(cc(S(=O)(=O)O)c(N=Nc5ccc([N+](=O)[O-])cc5)c4N)C=C3S(=O)(=O)O)c(C)c2)ccc1NN=C1C=CC(=O)C=C1. The minimum Gasteiger partial charge on any atom is -0.396 e. The zero-order valence-electron chi connectivity index (χ0n) is 29.0. The van der Waals surface area contributed by atoms with Gasteiger partial charge in [-0.25, -0.2) is 0 Å². The first kappa shape index (κ1) is 38.7. The fourth-order valence-corrected chi connectivity index (χ4v) is 6.88. The summed E-state index contributed by atoms with van der Waals surface area (Å²) in [6, 6.07) is 16.2. The van der Waals surface area contributed by atoms with E-state index < -0.39 is 69.0 Å². The number of Topliss-reactive ketones (excluding diaryl/α,β-unsaturated/α-hetero) is 1. The first-order valence-electron chi connectivity index (χ1n) is 16.0. The molecule has 0 atom stereocenters. The second-order valence-electron chi connectivity index (χ2n) is 12.2. The average molecular weight is 797 g/mol. The van der Waals surface area contributed by atoms with Crippen LogP contribution in [-0.2, 0) is 25.0 Å². The monoisotopic (exact) mass is 796 g/mol. The fourth-order valence-electron chi connectivity index (χ4n) is 5.55. The Bertz CT molecular complexity index is 2770. The number of azo groups is 1. The predicted molar refractivity (Wildman–Crippen MR) is 209 cm³/mol. The summed E-state index contributed by atoms with van der Waals surface area (Å²) in [7, 11) is -10.3. The number of allylic oxidation sites excluding steroid dienone is 5. The molecule has 56 heavy (non-hydrogen) atoms. The van der Waals surface area contributed by atoms with Crippen LogP contribution in [-0.4, -0.2) is 53.9 Å². The maximum atomic E-state index is 13.9. The number of rotatable bonds is 10. The molecule has 0 fully saturated rings. The minimum atomic E-state index is -5.16. The number of nitrogens with zero attached hydrogens (tertiary/aromatic N) is 5. The van der Waals surface area contributed by atoms with E-state index in [0.717, 1.165) is 46.7 Å². The van der Waals surface area contributed by atoms with E-state index in [9.17, 15) is 45.6 Å². The molecule has 0 spiro atoms. The van der Waals surface area contributed by atoms with Gasteiger partial charge in [0, 0.05) is 12.1 Å². The number of hydrogen-bond donors (Lipinski definition) is 5. The van der Waals surface area contributed by atoms with Crippen LogP contribution in [0.15, 0.2) is 121 Å². The van der Waals surface area contributed by atoms with E-state index in [1.165, 1.54) is 24.3 Å². The van der Waals surface area contributed by atoms with Crippen molar-refractivity contribution >= 4 is 83.4 Å². The lowest BCUT2D eigenvalue weighted by molar-refractivity contribution is -0.384. The molecule has 4 aromatic rings. The summed E-state index contributed by atoms with van der Waals surface area (Å²) < 4.78 is 69.8. The molecular weight excluding hydrogens is 769 g/mol. The van der Waals surface area contributed by atoms with Crippen molar-refractivity contribution in [3.63, 3.8) is 0 Å². The van der Waals surface area contributed by atoms with Crippen LogP contribution in [0, 0.1) is 24.0 Å². The van der Waals surface area contributed by atoms with Crippen LogP contribution in [0.25, 0.3) is 17.2 Å². The van der Waals surface area contributed by atoms with Crippen LogP contribution < -0.4 is 16.6 Å². The Hall–Kier alpha value is -7.00. The largest absolute Gasteiger partial charge is 0.396 e. The number of anilines is 3. The molecule has 0 bridgehead atoms. The number of benzene rings is 4. The van der Waals surface area contributed by atoms with Crippen LogP contribution >= 0.6 is 0 Å². The summed E-state index contributed by atoms with van der Waals surface area (Å²) in [5.74, 6) is -1.27. The molecule has 0 heterocycles. The number of carbonyl (C=O) groups excluding carboxylic acids is 2. The molecule has 6 rings (SSSR count). The lowest BCUT2D eigenvalue weighted by Crippen LogP contribution is -2.28. The van der Waals surface area contributed by atoms with Gasteiger partial charge in [0.25, 0.3) is 25.9 Å². The molecular formula is C36H28N8O10S2. The molecule has 2 aliphatic rings. The van der Waals surface area contributed by atoms with Crippen molar-refractivity contribution in [3.05, 3.63) is 128 Å². The summed E-state index contributed by atoms with van der Waals surface area (Å²) in [6.45, 7) is 3.62. The maximum absolute atomic E-state index is 13.9. The Morgan fingerprint density at radius 1 is 0.750 bits per heavy atom. The van der Waals surface area contributed by atoms with Gasteiger partial charge in [-0.05, 0) is 115 Å². The quantitative estimate of drug-likeness (QED) is 0.0287. The number of hydrogen-bond acceptors (Lipinski definition) is 15. The number of carbonyl (C=O) groups is 2. The van der Waals surface area contributed by atoms with E-state index in [0.29, 0.717) is 17.0 Å². The van der Waals surface area contributed by atoms with Gasteiger partial charge in [-0.1, -0.05) is 12.1 Å². The number of hydrazone groups is 2. The van der Waals surface area contributed by atoms with Crippen LogP contribution in [0.3, 0.4) is 0 Å². The minimum absolute atomic E-state index is 0.0158. The lowest BCUT2D eigenvalue weighted by Gasteiger charge is -2.20. The van der Waals surface area contributed by atoms with E-state index >= 15 is 0 Å². The number of ketones is 2. The molecule has 0 saturated heterocycles. The van der Waals surface area contributed by atoms with Crippen molar-refractivity contribution in [1.29, 1.82) is 0 Å². The van der Waals surface area contributed by atoms with Crippen molar-refractivity contribution in [1.82, 2.24) is 0 Å². The van der Waals surface area contributed by atoms with Crippen LogP contribution in [0.2, 0.25) is 0 Å². The molecule has 0 unspecified atom stereocenters. The summed E-state index contributed by atoms with van der Waals surface area (Å²) >= 11 is 0. The smallest absolute Gasteiger partial charge is 0.296 e. The maximum Gasteiger partial charge on any atom is 0.296 e. The highest BCUT2D eigenvalue weighted by molar-refractivity contribution is 7.91. The number of non-ortho nitro benzene ring substituents is 1. The van der Waals surface area contributed by atoms with Crippen LogP contribution in [0.5, 0.6) is 0 Å². The zero-order valence-corrected chi connectivity index (χ0v) is 30.7. The molecule has 0 radical (unpaired) electrons. The molecule has 284 valence electrons. The predicted octanol–water partition coefficient (Wildman–Crippen LogP) is 6.48. The van der Waals surface area contributed by atoms with Crippen LogP contribution in [0.1, 0.15) is 27.0 Å². The van der Waals surface area contributed by atoms with Gasteiger partial charge in [0.15, 0.2) is 11.5 Å². The van der Waals surface area contributed by atoms with E-state index in [-0.39, 0.29) is 17.2 Å². The molecule has 4 aromatic carbocycles. The molecule has 20 heteroatoms. The lowest BCUT2D eigenvalue weighted by atomic mass is 9.92. The van der Waals surface area contributed by atoms with Crippen molar-refractivity contribution in [3.8, 4) is 11.1 Å². The standard InChI is InChI=1S/C36H28N8O10S2/c1-19-15-21(3-13-28(19)40-38-25-7-11-27(45)12-8-25)22-4-14-29(20(2)16-22)41-43-35-31(56(52,53)54)18-23-17-30(55(49,50)51)34(33(37)32(23)36(35)46)42-39-24-5-9-26(10-6-24)44(47)48/h3-18,40-41H,37H2,1-2H3,(H,49,50,51)(H,52,53,54)/b42-39?,43-35-. The zero-order chi connectivity index (χ0) is 40.5. The molecule has 2 aliphatic carbocycles. The van der Waals surface area contributed by atoms with Gasteiger partial charge in [-0.15, -0.1) is 5.11 Å². The third-order valence-electron chi connectivity index (χ3n) is 8.39. The highest BCUT2D eigenvalue weighted by Gasteiger charge is 2.37. The van der Waals surface area contributed by atoms with E-state index in [4.69, 9.17) is 5.73 Å². The number of aryl methyl sites for hydroxylation is 2. The van der Waals surface area contributed by atoms with Gasteiger partial charge in [0.2, 0.25) is 5.78 Å². The first-order valence-corrected chi connectivity index (χ1v) is 18.9. The Labute approximate surface area is 318 Å². The van der Waals surface area contributed by atoms with Crippen molar-refractivity contribution in [2.75, 3.05) is 16.6 Å². The third-order valence-corrected chi connectivity index (χ3v) is 10.1. The molecule has 0 aromatic heterocycles. The topological polar surface area (TPSA) is 286 Å². The van der Waals surface area contributed by atoms with Gasteiger partial charge in [0.05, 0.1) is 38.9 Å². The summed E-state index contributed by atoms with van der Waals surface area (Å²) in [5.41, 5.74) is 13.4. The Morgan fingerprint density at radius 3 is 1.84 bits per heavy atom. The number of nitro groups is 1. The van der Waals surface area contributed by atoms with Gasteiger partial charge in [-0.3, -0.25) is 39.7 Å². The van der Waals surface area contributed by atoms with Crippen molar-refractivity contribution in [2.45, 2.75) is 18.7 Å². The second kappa shape index (κ2) is 15.0. The molecule has 6 N–H and O–H groups in total. The summed E-state index contributed by atoms with van der Waals surface area (Å²) in [5, 5.41) is 26.9. The second-order valence-corrected chi connectivity index (χ2v) is 15.0. The van der Waals surface area contributed by atoms with Crippen LogP contribution in [0.4, 0.5) is 34.1 Å². The van der Waals surface area contributed by atoms with E-state index in [2.05, 4.69) is 31.3 Å². The molecule has 18 nitrogen and oxygen atoms in total. The Balaban J connectivity index is 1.31. The van der Waals surface area contributed by atoms with Crippen molar-refractivity contribution < 1.29 is 40.5 Å². The summed E-state index contributed by atoms with van der Waals surface area (Å²) in [4.78, 5) is 33.6. The fraction of sp³-hybridized carbons (Fsp3) is 0.0556. The van der Waals surface area contributed by atoms with Gasteiger partial charge in [-0.2, -0.15) is 32.2 Å². The Morgan fingerprint density at radius 2 is 1.32 bits per heavy atom. The van der Waals surface area contributed by atoms with Crippen molar-refractivity contribution in [2.24, 2.45) is 20.4 Å². The number of nitro benzene ring substituents is 1. The van der Waals surface area contributed by atoms with Gasteiger partial charge in [0.1, 0.15) is 15.5 Å². The van der Waals surface area contributed by atoms with Gasteiger partial charge >= 0.3 is 0 Å². The number of nitrogens with one attached hydrogen (secondary N) is 2. The normalized spacial score (nSPS) is 14.9. The highest BCUT2D eigenvalue weighted by Crippen LogP contribution is 2.41. The van der Waals surface area contributed by atoms with E-state index in [1.807, 2.05) is 31.2 Å². The Kier molecular flexibility index (Phi) is 10.4. The molecule has 0 saturated carbocycles. The number of nitrogens with two attached hydrogens (primary N) is 1. The van der Waals surface area contributed by atoms with Gasteiger partial charge < -0.3 is 5.73 Å². The van der Waals surface area contributed by atoms with E-state index in [1.54, 1.807) is 31.2 Å². The first-order chi connectivity index (χ1) is 26.4. The summed E-state index contributed by atoms with van der Waals surface area (Å²) in [6.07, 6.45) is 6.79. The average Bonchev–Trinajstić information content (AvgIpc) is 3.13. The third kappa shape index (κ3) is 8.22. The molecule has 0 amide bonds. The number of nitrogen functional groups attached to an aromatic ring is 1.